The zero-order valence-corrected chi connectivity index (χ0v) is 12.4. The Morgan fingerprint density at radius 1 is 1.21 bits per heavy atom. The van der Waals surface area contributed by atoms with Gasteiger partial charge in [-0.2, -0.15) is 5.26 Å². The van der Waals surface area contributed by atoms with Crippen molar-refractivity contribution in [3.8, 4) is 6.07 Å². The first-order valence-electron chi connectivity index (χ1n) is 7.43. The molecule has 2 atom stereocenters. The predicted molar refractivity (Wildman–Crippen MR) is 80.9 cm³/mol. The number of unbranched alkanes of at least 4 members (excludes halogenated alkanes) is 3. The van der Waals surface area contributed by atoms with Crippen LogP contribution < -0.4 is 5.32 Å². The van der Waals surface area contributed by atoms with Crippen LogP contribution in [0.4, 0.5) is 0 Å². The third kappa shape index (κ3) is 5.89. The second-order valence-corrected chi connectivity index (χ2v) is 5.38. The van der Waals surface area contributed by atoms with Gasteiger partial charge in [0.15, 0.2) is 0 Å². The maximum absolute atomic E-state index is 8.92. The Morgan fingerprint density at radius 2 is 2.00 bits per heavy atom. The molecule has 0 aliphatic carbocycles. The van der Waals surface area contributed by atoms with Crippen LogP contribution in [-0.4, -0.2) is 6.04 Å². The molecule has 0 aliphatic rings. The van der Waals surface area contributed by atoms with Crippen LogP contribution in [0.2, 0.25) is 0 Å². The summed E-state index contributed by atoms with van der Waals surface area (Å²) in [5.74, 6) is 0. The molecule has 0 aromatic heterocycles. The summed E-state index contributed by atoms with van der Waals surface area (Å²) in [4.78, 5) is 0. The van der Waals surface area contributed by atoms with Crippen molar-refractivity contribution >= 4 is 0 Å². The van der Waals surface area contributed by atoms with Gasteiger partial charge >= 0.3 is 0 Å². The summed E-state index contributed by atoms with van der Waals surface area (Å²) in [6.07, 6.45) is 6.49. The first kappa shape index (κ1) is 15.7. The lowest BCUT2D eigenvalue weighted by atomic mass is 10.0. The minimum atomic E-state index is 0.300. The van der Waals surface area contributed by atoms with E-state index in [0.29, 0.717) is 12.1 Å². The van der Waals surface area contributed by atoms with Crippen LogP contribution in [0.3, 0.4) is 0 Å². The molecule has 19 heavy (non-hydrogen) atoms. The Hall–Kier alpha value is -1.33. The van der Waals surface area contributed by atoms with E-state index in [0.717, 1.165) is 5.56 Å². The molecule has 2 nitrogen and oxygen atoms in total. The molecule has 0 radical (unpaired) electrons. The fraction of sp³-hybridized carbons (Fsp3) is 0.588. The molecule has 0 bridgehead atoms. The second kappa shape index (κ2) is 8.72. The Balaban J connectivity index is 2.40. The quantitative estimate of drug-likeness (QED) is 0.693. The summed E-state index contributed by atoms with van der Waals surface area (Å²) < 4.78 is 0. The van der Waals surface area contributed by atoms with Crippen LogP contribution in [0.15, 0.2) is 24.3 Å². The van der Waals surface area contributed by atoms with Crippen molar-refractivity contribution in [1.29, 1.82) is 5.26 Å². The second-order valence-electron chi connectivity index (χ2n) is 5.38. The number of hydrogen-bond donors (Lipinski definition) is 1. The van der Waals surface area contributed by atoms with Gasteiger partial charge in [0.2, 0.25) is 0 Å². The predicted octanol–water partition coefficient (Wildman–Crippen LogP) is 4.57. The molecular weight excluding hydrogens is 232 g/mol. The molecule has 0 saturated carbocycles. The normalized spacial score (nSPS) is 13.8. The molecule has 0 heterocycles. The molecule has 1 N–H and O–H groups in total. The SMILES string of the molecule is CCCCCCC(C)NC(C)c1cccc(C#N)c1. The van der Waals surface area contributed by atoms with E-state index in [1.807, 2.05) is 18.2 Å². The van der Waals surface area contributed by atoms with Gasteiger partial charge in [-0.15, -0.1) is 0 Å². The molecule has 2 unspecified atom stereocenters. The van der Waals surface area contributed by atoms with E-state index in [4.69, 9.17) is 5.26 Å². The van der Waals surface area contributed by atoms with Crippen LogP contribution in [0, 0.1) is 11.3 Å². The molecule has 0 aliphatic heterocycles. The standard InChI is InChI=1S/C17H26N2/c1-4-5-6-7-9-14(2)19-15(3)17-11-8-10-16(12-17)13-18/h8,10-12,14-15,19H,4-7,9H2,1-3H3. The third-order valence-electron chi connectivity index (χ3n) is 3.54. The molecule has 0 amide bonds. The Bertz CT molecular complexity index is 406. The Kier molecular flexibility index (Phi) is 7.22. The highest BCUT2D eigenvalue weighted by Crippen LogP contribution is 2.16. The number of rotatable bonds is 8. The number of nitrogens with zero attached hydrogens (tertiary/aromatic N) is 1. The molecule has 0 saturated heterocycles. The number of nitrogens with one attached hydrogen (secondary N) is 1. The largest absolute Gasteiger partial charge is 0.308 e. The minimum Gasteiger partial charge on any atom is -0.308 e. The highest BCUT2D eigenvalue weighted by molar-refractivity contribution is 5.34. The van der Waals surface area contributed by atoms with Crippen molar-refractivity contribution in [2.24, 2.45) is 0 Å². The topological polar surface area (TPSA) is 35.8 Å². The molecule has 0 spiro atoms. The van der Waals surface area contributed by atoms with Gasteiger partial charge in [0.1, 0.15) is 0 Å². The van der Waals surface area contributed by atoms with Crippen LogP contribution in [0.1, 0.15) is 70.0 Å². The van der Waals surface area contributed by atoms with Crippen LogP contribution in [0.25, 0.3) is 0 Å². The molecule has 2 heteroatoms. The van der Waals surface area contributed by atoms with Gasteiger partial charge in [-0.3, -0.25) is 0 Å². The molecule has 1 aromatic carbocycles. The maximum Gasteiger partial charge on any atom is 0.0991 e. The molecule has 0 fully saturated rings. The molecular formula is C17H26N2. The van der Waals surface area contributed by atoms with E-state index in [-0.39, 0.29) is 0 Å². The first-order chi connectivity index (χ1) is 9.17. The van der Waals surface area contributed by atoms with Crippen molar-refractivity contribution in [2.75, 3.05) is 0 Å². The van der Waals surface area contributed by atoms with Gasteiger partial charge in [-0.25, -0.2) is 0 Å². The summed E-state index contributed by atoms with van der Waals surface area (Å²) >= 11 is 0. The zero-order valence-electron chi connectivity index (χ0n) is 12.4. The van der Waals surface area contributed by atoms with Gasteiger partial charge in [0, 0.05) is 12.1 Å². The van der Waals surface area contributed by atoms with Crippen molar-refractivity contribution in [3.05, 3.63) is 35.4 Å². The summed E-state index contributed by atoms with van der Waals surface area (Å²) in [7, 11) is 0. The van der Waals surface area contributed by atoms with Gasteiger partial charge in [-0.1, -0.05) is 44.7 Å². The molecule has 104 valence electrons. The highest BCUT2D eigenvalue weighted by atomic mass is 14.9. The third-order valence-corrected chi connectivity index (χ3v) is 3.54. The van der Waals surface area contributed by atoms with Gasteiger partial charge < -0.3 is 5.32 Å². The van der Waals surface area contributed by atoms with E-state index in [1.165, 1.54) is 37.7 Å². The van der Waals surface area contributed by atoms with Gasteiger partial charge in [0.25, 0.3) is 0 Å². The average Bonchev–Trinajstić information content (AvgIpc) is 2.43. The van der Waals surface area contributed by atoms with Gasteiger partial charge in [0.05, 0.1) is 11.6 Å². The van der Waals surface area contributed by atoms with E-state index in [2.05, 4.69) is 38.2 Å². The highest BCUT2D eigenvalue weighted by Gasteiger charge is 2.09. The molecule has 1 rings (SSSR count). The fourth-order valence-corrected chi connectivity index (χ4v) is 2.36. The smallest absolute Gasteiger partial charge is 0.0991 e. The van der Waals surface area contributed by atoms with Crippen molar-refractivity contribution in [2.45, 2.75) is 65.0 Å². The minimum absolute atomic E-state index is 0.300. The summed E-state index contributed by atoms with van der Waals surface area (Å²) in [6.45, 7) is 6.65. The average molecular weight is 258 g/mol. The molecule has 1 aromatic rings. The lowest BCUT2D eigenvalue weighted by Crippen LogP contribution is -2.28. The van der Waals surface area contributed by atoms with E-state index >= 15 is 0 Å². The van der Waals surface area contributed by atoms with E-state index < -0.39 is 0 Å². The van der Waals surface area contributed by atoms with E-state index in [1.54, 1.807) is 0 Å². The Labute approximate surface area is 117 Å². The van der Waals surface area contributed by atoms with Gasteiger partial charge in [-0.05, 0) is 38.0 Å². The Morgan fingerprint density at radius 3 is 2.68 bits per heavy atom. The fourth-order valence-electron chi connectivity index (χ4n) is 2.36. The van der Waals surface area contributed by atoms with Crippen LogP contribution >= 0.6 is 0 Å². The lowest BCUT2D eigenvalue weighted by Gasteiger charge is -2.20. The lowest BCUT2D eigenvalue weighted by molar-refractivity contribution is 0.438. The van der Waals surface area contributed by atoms with Crippen LogP contribution in [0.5, 0.6) is 0 Å². The van der Waals surface area contributed by atoms with Crippen molar-refractivity contribution < 1.29 is 0 Å². The number of hydrogen-bond acceptors (Lipinski definition) is 2. The van der Waals surface area contributed by atoms with Crippen molar-refractivity contribution in [1.82, 2.24) is 5.32 Å². The summed E-state index contributed by atoms with van der Waals surface area (Å²) in [5, 5.41) is 12.5. The summed E-state index contributed by atoms with van der Waals surface area (Å²) in [6, 6.07) is 10.9. The van der Waals surface area contributed by atoms with Crippen molar-refractivity contribution in [3.63, 3.8) is 0 Å². The maximum atomic E-state index is 8.92. The monoisotopic (exact) mass is 258 g/mol. The summed E-state index contributed by atoms with van der Waals surface area (Å²) in [5.41, 5.74) is 1.93. The number of benzene rings is 1. The van der Waals surface area contributed by atoms with E-state index in [9.17, 15) is 0 Å². The van der Waals surface area contributed by atoms with Crippen LogP contribution in [-0.2, 0) is 0 Å². The first-order valence-corrected chi connectivity index (χ1v) is 7.43. The number of nitriles is 1. The zero-order chi connectivity index (χ0) is 14.1.